The van der Waals surface area contributed by atoms with Crippen molar-refractivity contribution in [1.82, 2.24) is 9.99 Å². The number of hydrogen-bond acceptors (Lipinski definition) is 3. The van der Waals surface area contributed by atoms with Crippen LogP contribution in [0, 0.1) is 23.2 Å². The minimum atomic E-state index is -0.329. The Labute approximate surface area is 261 Å². The second-order valence-electron chi connectivity index (χ2n) is 12.9. The number of halogens is 2. The van der Waals surface area contributed by atoms with Crippen LogP contribution in [0.2, 0.25) is 0 Å². The van der Waals surface area contributed by atoms with Crippen LogP contribution in [-0.4, -0.2) is 21.6 Å². The topological polar surface area (TPSA) is 65.5 Å². The van der Waals surface area contributed by atoms with E-state index in [1.165, 1.54) is 19.3 Å². The molecule has 0 unspecified atom stereocenters. The highest BCUT2D eigenvalue weighted by molar-refractivity contribution is 9.10. The summed E-state index contributed by atoms with van der Waals surface area (Å²) in [7, 11) is 0. The number of pyridine rings is 1. The Hall–Kier alpha value is -3.03. The molecule has 212 valence electrons. The molecule has 4 aromatic rings. The van der Waals surface area contributed by atoms with Crippen LogP contribution < -0.4 is 5.56 Å². The van der Waals surface area contributed by atoms with Gasteiger partial charge in [-0.1, -0.05) is 74.3 Å². The van der Waals surface area contributed by atoms with Gasteiger partial charge in [-0.05, 0) is 97.7 Å². The number of nitrogens with one attached hydrogen (secondary N) is 1. The molecule has 0 spiro atoms. The maximum Gasteiger partial charge on any atom is 0.258 e. The summed E-state index contributed by atoms with van der Waals surface area (Å²) in [4.78, 5) is 31.8. The Morgan fingerprint density at radius 2 is 1.48 bits per heavy atom. The molecule has 7 heteroatoms. The summed E-state index contributed by atoms with van der Waals surface area (Å²) < 4.78 is 1.93. The standard InChI is InChI=1S/C35H31Br2N3O2/c36-25-8-6-23(7-9-25)30-16-29(39-40(30)34(42)35-17-20-12-21(18-35)14-22(13-20)19-35)32-31(24-4-2-1-3-5-24)27-15-26(37)10-11-28(27)38-33(32)41/h1-11,15,20-22,30H,12-14,16-19H2,(H,38,41)/t20?,21?,22?,30-,35?/m0/s1. The van der Waals surface area contributed by atoms with Crippen molar-refractivity contribution >= 4 is 54.4 Å². The summed E-state index contributed by atoms with van der Waals surface area (Å²) in [5.41, 5.74) is 4.33. The van der Waals surface area contributed by atoms with Crippen molar-refractivity contribution < 1.29 is 4.79 Å². The zero-order valence-electron chi connectivity index (χ0n) is 23.2. The van der Waals surface area contributed by atoms with Crippen molar-refractivity contribution in [3.63, 3.8) is 0 Å². The number of hydrazone groups is 1. The van der Waals surface area contributed by atoms with E-state index in [0.717, 1.165) is 55.8 Å². The van der Waals surface area contributed by atoms with Crippen molar-refractivity contribution in [3.8, 4) is 11.1 Å². The molecule has 1 aromatic heterocycles. The number of fused-ring (bicyclic) bond motifs is 1. The SMILES string of the molecule is O=C(N1N=C(c2c(-c3ccccc3)c3cc(Br)ccc3[nH]c2=O)C[C@H]1c1ccc(Br)cc1)C12CC3CC(CC(C3)C1)C2. The molecule has 5 aliphatic rings. The fourth-order valence-corrected chi connectivity index (χ4v) is 9.48. The van der Waals surface area contributed by atoms with E-state index < -0.39 is 0 Å². The van der Waals surface area contributed by atoms with Gasteiger partial charge in [0, 0.05) is 31.8 Å². The molecule has 0 saturated heterocycles. The summed E-state index contributed by atoms with van der Waals surface area (Å²) in [5, 5.41) is 7.86. The van der Waals surface area contributed by atoms with Crippen molar-refractivity contribution in [2.75, 3.05) is 0 Å². The molecule has 4 saturated carbocycles. The lowest BCUT2D eigenvalue weighted by Gasteiger charge is -2.56. The molecule has 5 nitrogen and oxygen atoms in total. The molecule has 3 aromatic carbocycles. The highest BCUT2D eigenvalue weighted by atomic mass is 79.9. The molecule has 1 atom stereocenters. The number of amides is 1. The molecule has 1 N–H and O–H groups in total. The first-order chi connectivity index (χ1) is 20.4. The van der Waals surface area contributed by atoms with Gasteiger partial charge in [0.25, 0.3) is 5.56 Å². The first-order valence-corrected chi connectivity index (χ1v) is 16.5. The van der Waals surface area contributed by atoms with E-state index in [1.807, 2.05) is 54.6 Å². The van der Waals surface area contributed by atoms with Gasteiger partial charge in [-0.2, -0.15) is 5.10 Å². The molecule has 4 fully saturated rings. The fraction of sp³-hybridized carbons (Fsp3) is 0.343. The van der Waals surface area contributed by atoms with Crippen molar-refractivity contribution in [2.24, 2.45) is 28.3 Å². The van der Waals surface area contributed by atoms with Gasteiger partial charge in [0.2, 0.25) is 5.91 Å². The van der Waals surface area contributed by atoms with Gasteiger partial charge in [0.15, 0.2) is 0 Å². The zero-order valence-corrected chi connectivity index (χ0v) is 26.3. The second kappa shape index (κ2) is 10.0. The van der Waals surface area contributed by atoms with Crippen LogP contribution in [0.25, 0.3) is 22.0 Å². The van der Waals surface area contributed by atoms with E-state index in [0.29, 0.717) is 35.4 Å². The van der Waals surface area contributed by atoms with Gasteiger partial charge < -0.3 is 4.98 Å². The lowest BCUT2D eigenvalue weighted by atomic mass is 9.49. The second-order valence-corrected chi connectivity index (χ2v) is 14.8. The predicted molar refractivity (Wildman–Crippen MR) is 173 cm³/mol. The smallest absolute Gasteiger partial charge is 0.258 e. The number of aromatic amines is 1. The Morgan fingerprint density at radius 1 is 0.833 bits per heavy atom. The van der Waals surface area contributed by atoms with Gasteiger partial charge in [0.1, 0.15) is 0 Å². The third kappa shape index (κ3) is 4.34. The van der Waals surface area contributed by atoms with Crippen LogP contribution in [0.5, 0.6) is 0 Å². The first-order valence-electron chi connectivity index (χ1n) is 14.9. The predicted octanol–water partition coefficient (Wildman–Crippen LogP) is 8.61. The van der Waals surface area contributed by atoms with Gasteiger partial charge in [-0.3, -0.25) is 9.59 Å². The Kier molecular flexibility index (Phi) is 6.34. The van der Waals surface area contributed by atoms with Crippen molar-refractivity contribution in [3.05, 3.63) is 103 Å². The zero-order chi connectivity index (χ0) is 28.6. The van der Waals surface area contributed by atoms with E-state index in [4.69, 9.17) is 5.10 Å². The number of carbonyl (C=O) groups excluding carboxylic acids is 1. The minimum absolute atomic E-state index is 0.158. The minimum Gasteiger partial charge on any atom is -0.321 e. The average Bonchev–Trinajstić information content (AvgIpc) is 3.41. The van der Waals surface area contributed by atoms with Crippen LogP contribution in [-0.2, 0) is 4.79 Å². The van der Waals surface area contributed by atoms with Crippen molar-refractivity contribution in [2.45, 2.75) is 51.0 Å². The summed E-state index contributed by atoms with van der Waals surface area (Å²) >= 11 is 7.21. The molecule has 1 aliphatic heterocycles. The molecular weight excluding hydrogens is 654 g/mol. The van der Waals surface area contributed by atoms with Gasteiger partial charge >= 0.3 is 0 Å². The number of H-pyrrole nitrogens is 1. The molecule has 4 bridgehead atoms. The maximum absolute atomic E-state index is 14.7. The average molecular weight is 685 g/mol. The van der Waals surface area contributed by atoms with Crippen LogP contribution in [0.3, 0.4) is 0 Å². The molecule has 2 heterocycles. The molecule has 4 aliphatic carbocycles. The molecular formula is C35H31Br2N3O2. The number of hydrogen-bond donors (Lipinski definition) is 1. The highest BCUT2D eigenvalue weighted by Crippen LogP contribution is 2.61. The van der Waals surface area contributed by atoms with Crippen molar-refractivity contribution in [1.29, 1.82) is 0 Å². The van der Waals surface area contributed by atoms with E-state index in [9.17, 15) is 9.59 Å². The van der Waals surface area contributed by atoms with Crippen LogP contribution in [0.4, 0.5) is 0 Å². The van der Waals surface area contributed by atoms with E-state index in [-0.39, 0.29) is 22.9 Å². The monoisotopic (exact) mass is 683 g/mol. The molecule has 1 amide bonds. The van der Waals surface area contributed by atoms with E-state index in [2.05, 4.69) is 55.0 Å². The van der Waals surface area contributed by atoms with Gasteiger partial charge in [-0.25, -0.2) is 5.01 Å². The Bertz CT molecular complexity index is 1780. The normalized spacial score (nSPS) is 28.0. The summed E-state index contributed by atoms with van der Waals surface area (Å²) in [5.74, 6) is 2.13. The lowest BCUT2D eigenvalue weighted by molar-refractivity contribution is -0.159. The van der Waals surface area contributed by atoms with Gasteiger partial charge in [0.05, 0.1) is 22.7 Å². The number of benzene rings is 3. The van der Waals surface area contributed by atoms with Crippen LogP contribution in [0.15, 0.2) is 91.6 Å². The summed E-state index contributed by atoms with van der Waals surface area (Å²) in [6, 6.07) is 23.9. The number of carbonyl (C=O) groups is 1. The van der Waals surface area contributed by atoms with E-state index in [1.54, 1.807) is 5.01 Å². The molecule has 9 rings (SSSR count). The Balaban J connectivity index is 1.30. The van der Waals surface area contributed by atoms with Crippen LogP contribution >= 0.6 is 31.9 Å². The molecule has 0 radical (unpaired) electrons. The fourth-order valence-electron chi connectivity index (χ4n) is 8.85. The number of aromatic nitrogens is 1. The summed E-state index contributed by atoms with van der Waals surface area (Å²) in [6.07, 6.45) is 7.26. The Morgan fingerprint density at radius 3 is 2.14 bits per heavy atom. The third-order valence-electron chi connectivity index (χ3n) is 10.2. The third-order valence-corrected chi connectivity index (χ3v) is 11.2. The maximum atomic E-state index is 14.7. The number of rotatable bonds is 4. The lowest BCUT2D eigenvalue weighted by Crippen LogP contribution is -2.53. The van der Waals surface area contributed by atoms with Gasteiger partial charge in [-0.15, -0.1) is 0 Å². The quantitative estimate of drug-likeness (QED) is 0.234. The van der Waals surface area contributed by atoms with Crippen LogP contribution in [0.1, 0.15) is 62.1 Å². The summed E-state index contributed by atoms with van der Waals surface area (Å²) in [6.45, 7) is 0. The van der Waals surface area contributed by atoms with E-state index >= 15 is 0 Å². The molecule has 42 heavy (non-hydrogen) atoms. The largest absolute Gasteiger partial charge is 0.321 e. The first kappa shape index (κ1) is 26.6. The number of nitrogens with zero attached hydrogens (tertiary/aromatic N) is 2. The highest BCUT2D eigenvalue weighted by Gasteiger charge is 2.57.